The first-order valence-corrected chi connectivity index (χ1v) is 10.4. The molecular formula is C27H24F3NO2. The maximum absolute atomic E-state index is 12.8. The molecule has 0 fully saturated rings. The highest BCUT2D eigenvalue weighted by molar-refractivity contribution is 6.00. The molecule has 0 saturated carbocycles. The van der Waals surface area contributed by atoms with Crippen molar-refractivity contribution < 1.29 is 22.7 Å². The Labute approximate surface area is 190 Å². The molecule has 0 aliphatic carbocycles. The van der Waals surface area contributed by atoms with E-state index in [0.717, 1.165) is 28.5 Å². The van der Waals surface area contributed by atoms with Crippen LogP contribution in [-0.4, -0.2) is 11.9 Å². The second-order valence-electron chi connectivity index (χ2n) is 7.47. The van der Waals surface area contributed by atoms with Crippen molar-refractivity contribution in [1.82, 2.24) is 5.32 Å². The van der Waals surface area contributed by atoms with Crippen molar-refractivity contribution in [2.24, 2.45) is 0 Å². The summed E-state index contributed by atoms with van der Waals surface area (Å²) in [6.45, 7) is 7.75. The molecule has 3 aromatic rings. The lowest BCUT2D eigenvalue weighted by atomic mass is 10.0. The first-order valence-electron chi connectivity index (χ1n) is 10.4. The molecule has 0 aromatic heterocycles. The summed E-state index contributed by atoms with van der Waals surface area (Å²) >= 11 is 0. The second kappa shape index (κ2) is 10.2. The largest absolute Gasteiger partial charge is 0.457 e. The quantitative estimate of drug-likeness (QED) is 0.379. The summed E-state index contributed by atoms with van der Waals surface area (Å²) < 4.78 is 44.1. The molecule has 33 heavy (non-hydrogen) atoms. The summed E-state index contributed by atoms with van der Waals surface area (Å²) in [6, 6.07) is 14.8. The van der Waals surface area contributed by atoms with E-state index in [1.807, 2.05) is 44.2 Å². The van der Waals surface area contributed by atoms with E-state index >= 15 is 0 Å². The Hall–Kier alpha value is -3.80. The van der Waals surface area contributed by atoms with Gasteiger partial charge in [-0.15, -0.1) is 0 Å². The molecule has 3 nitrogen and oxygen atoms in total. The van der Waals surface area contributed by atoms with Gasteiger partial charge < -0.3 is 10.1 Å². The average molecular weight is 451 g/mol. The summed E-state index contributed by atoms with van der Waals surface area (Å²) in [7, 11) is 0. The van der Waals surface area contributed by atoms with Crippen LogP contribution >= 0.6 is 0 Å². The number of nitrogens with one attached hydrogen (secondary N) is 1. The molecule has 0 radical (unpaired) electrons. The number of alkyl halides is 3. The van der Waals surface area contributed by atoms with Crippen molar-refractivity contribution in [3.05, 3.63) is 108 Å². The Balaban J connectivity index is 1.77. The molecule has 0 aliphatic heterocycles. The van der Waals surface area contributed by atoms with E-state index in [2.05, 4.69) is 11.9 Å². The van der Waals surface area contributed by atoms with Crippen LogP contribution < -0.4 is 10.1 Å². The molecule has 1 amide bonds. The van der Waals surface area contributed by atoms with Gasteiger partial charge in [-0.2, -0.15) is 13.2 Å². The summed E-state index contributed by atoms with van der Waals surface area (Å²) in [5.41, 5.74) is 0.512. The number of benzene rings is 3. The van der Waals surface area contributed by atoms with E-state index in [9.17, 15) is 18.0 Å². The van der Waals surface area contributed by atoms with Crippen LogP contribution in [0.2, 0.25) is 0 Å². The number of allylic oxidation sites excluding steroid dienone is 3. The molecule has 170 valence electrons. The number of fused-ring (bicyclic) bond motifs is 1. The van der Waals surface area contributed by atoms with Crippen LogP contribution in [0.5, 0.6) is 11.5 Å². The number of carbonyl (C=O) groups is 1. The number of rotatable bonds is 7. The van der Waals surface area contributed by atoms with Crippen LogP contribution in [-0.2, 0) is 6.18 Å². The van der Waals surface area contributed by atoms with Gasteiger partial charge in [-0.3, -0.25) is 4.79 Å². The Morgan fingerprint density at radius 2 is 1.79 bits per heavy atom. The topological polar surface area (TPSA) is 38.3 Å². The molecule has 1 unspecified atom stereocenters. The molecule has 3 rings (SSSR count). The zero-order valence-electron chi connectivity index (χ0n) is 18.3. The smallest absolute Gasteiger partial charge is 0.416 e. The van der Waals surface area contributed by atoms with Crippen LogP contribution in [0.3, 0.4) is 0 Å². The third kappa shape index (κ3) is 6.13. The molecule has 0 heterocycles. The zero-order valence-corrected chi connectivity index (χ0v) is 18.3. The van der Waals surface area contributed by atoms with Gasteiger partial charge in [-0.05, 0) is 73.3 Å². The minimum atomic E-state index is -4.40. The van der Waals surface area contributed by atoms with Crippen LogP contribution in [0.15, 0.2) is 97.1 Å². The minimum absolute atomic E-state index is 0.237. The van der Waals surface area contributed by atoms with Crippen LogP contribution in [0.25, 0.3) is 10.8 Å². The first-order chi connectivity index (χ1) is 15.7. The van der Waals surface area contributed by atoms with Crippen molar-refractivity contribution >= 4 is 16.7 Å². The molecule has 0 saturated heterocycles. The van der Waals surface area contributed by atoms with Gasteiger partial charge in [0, 0.05) is 10.9 Å². The maximum atomic E-state index is 12.8. The van der Waals surface area contributed by atoms with Crippen molar-refractivity contribution in [3.8, 4) is 11.5 Å². The van der Waals surface area contributed by atoms with Gasteiger partial charge in [-0.1, -0.05) is 43.0 Å². The Morgan fingerprint density at radius 1 is 1.06 bits per heavy atom. The van der Waals surface area contributed by atoms with Gasteiger partial charge in [0.2, 0.25) is 0 Å². The monoisotopic (exact) mass is 451 g/mol. The fourth-order valence-corrected chi connectivity index (χ4v) is 3.13. The number of amides is 1. The molecule has 0 spiro atoms. The van der Waals surface area contributed by atoms with Crippen molar-refractivity contribution in [3.63, 3.8) is 0 Å². The summed E-state index contributed by atoms with van der Waals surface area (Å²) in [5, 5.41) is 4.43. The van der Waals surface area contributed by atoms with Crippen LogP contribution in [0.4, 0.5) is 13.2 Å². The third-order valence-electron chi connectivity index (χ3n) is 5.03. The second-order valence-corrected chi connectivity index (χ2v) is 7.47. The molecule has 6 heteroatoms. The van der Waals surface area contributed by atoms with E-state index in [-0.39, 0.29) is 17.7 Å². The lowest BCUT2D eigenvalue weighted by molar-refractivity contribution is -0.137. The van der Waals surface area contributed by atoms with Crippen LogP contribution in [0, 0.1) is 0 Å². The molecule has 1 N–H and O–H groups in total. The van der Waals surface area contributed by atoms with Crippen LogP contribution in [0.1, 0.15) is 29.8 Å². The Bertz CT molecular complexity index is 1210. The highest BCUT2D eigenvalue weighted by Gasteiger charge is 2.30. The number of carbonyl (C=O) groups excluding carboxylic acids is 1. The lowest BCUT2D eigenvalue weighted by Gasteiger charge is -2.15. The molecule has 0 bridgehead atoms. The summed E-state index contributed by atoms with van der Waals surface area (Å²) in [4.78, 5) is 12.7. The fraction of sp³-hybridized carbons (Fsp3) is 0.148. The van der Waals surface area contributed by atoms with E-state index in [1.165, 1.54) is 12.1 Å². The third-order valence-corrected chi connectivity index (χ3v) is 5.03. The predicted molar refractivity (Wildman–Crippen MR) is 125 cm³/mol. The average Bonchev–Trinajstić information content (AvgIpc) is 2.78. The predicted octanol–water partition coefficient (Wildman–Crippen LogP) is 7.46. The highest BCUT2D eigenvalue weighted by atomic mass is 19.4. The van der Waals surface area contributed by atoms with Gasteiger partial charge in [-0.25, -0.2) is 0 Å². The Morgan fingerprint density at radius 3 is 2.45 bits per heavy atom. The lowest BCUT2D eigenvalue weighted by Crippen LogP contribution is -2.33. The van der Waals surface area contributed by atoms with Gasteiger partial charge in [0.1, 0.15) is 11.5 Å². The standard InChI is InChI=1S/C27H24F3NO2/c1-4-5-6-8-18(2)19(3)31-26(32)21-11-16-24-20(17-21)9-7-10-25(24)33-23-14-12-22(13-15-23)27(28,29)30/h4-17,19H,2H2,1,3H3,(H,31,32)/b5-4-,8-6-. The van der Waals surface area contributed by atoms with E-state index in [0.29, 0.717) is 11.3 Å². The van der Waals surface area contributed by atoms with Crippen molar-refractivity contribution in [2.75, 3.05) is 0 Å². The highest BCUT2D eigenvalue weighted by Crippen LogP contribution is 2.33. The van der Waals surface area contributed by atoms with Gasteiger partial charge in [0.15, 0.2) is 0 Å². The fourth-order valence-electron chi connectivity index (χ4n) is 3.13. The summed E-state index contributed by atoms with van der Waals surface area (Å²) in [6.07, 6.45) is 3.09. The number of hydrogen-bond donors (Lipinski definition) is 1. The summed E-state index contributed by atoms with van der Waals surface area (Å²) in [5.74, 6) is 0.532. The first kappa shape index (κ1) is 23.9. The number of ether oxygens (including phenoxy) is 1. The molecule has 0 aliphatic rings. The van der Waals surface area contributed by atoms with E-state index in [1.54, 1.807) is 30.3 Å². The van der Waals surface area contributed by atoms with Gasteiger partial charge in [0.05, 0.1) is 11.6 Å². The Kier molecular flexibility index (Phi) is 7.38. The van der Waals surface area contributed by atoms with Crippen molar-refractivity contribution in [2.45, 2.75) is 26.1 Å². The van der Waals surface area contributed by atoms with E-state index < -0.39 is 11.7 Å². The SMILES string of the molecule is C=C(/C=C\C=C/C)C(C)NC(=O)c1ccc2c(Oc3ccc(C(F)(F)F)cc3)cccc2c1. The number of halogens is 3. The van der Waals surface area contributed by atoms with Crippen molar-refractivity contribution in [1.29, 1.82) is 0 Å². The number of hydrogen-bond acceptors (Lipinski definition) is 2. The molecule has 3 aromatic carbocycles. The zero-order chi connectivity index (χ0) is 24.0. The van der Waals surface area contributed by atoms with Gasteiger partial charge in [0.25, 0.3) is 5.91 Å². The maximum Gasteiger partial charge on any atom is 0.416 e. The molecule has 1 atom stereocenters. The minimum Gasteiger partial charge on any atom is -0.457 e. The van der Waals surface area contributed by atoms with E-state index in [4.69, 9.17) is 4.74 Å². The molecular weight excluding hydrogens is 427 g/mol. The normalized spacial score (nSPS) is 12.9. The van der Waals surface area contributed by atoms with Gasteiger partial charge >= 0.3 is 6.18 Å².